The third-order valence-corrected chi connectivity index (χ3v) is 4.93. The Hall–Kier alpha value is -2.22. The number of aromatic nitrogens is 3. The lowest BCUT2D eigenvalue weighted by molar-refractivity contribution is 0.0690. The van der Waals surface area contributed by atoms with Crippen LogP contribution in [-0.4, -0.2) is 44.6 Å². The van der Waals surface area contributed by atoms with Crippen molar-refractivity contribution in [2.45, 2.75) is 12.5 Å². The molecule has 1 saturated heterocycles. The van der Waals surface area contributed by atoms with E-state index in [1.165, 1.54) is 10.8 Å². The molecule has 1 aliphatic heterocycles. The number of carboxylic acid groups (broad SMARTS) is 1. The maximum absolute atomic E-state index is 13.2. The van der Waals surface area contributed by atoms with Gasteiger partial charge in [-0.15, -0.1) is 0 Å². The van der Waals surface area contributed by atoms with Gasteiger partial charge in [0.25, 0.3) is 5.92 Å². The van der Waals surface area contributed by atoms with Gasteiger partial charge in [0.2, 0.25) is 5.28 Å². The van der Waals surface area contributed by atoms with Gasteiger partial charge in [0.05, 0.1) is 18.4 Å². The monoisotopic (exact) mass is 354 g/mol. The molecule has 0 amide bonds. The minimum absolute atomic E-state index is 0.0818. The molecule has 2 aromatic heterocycles. The van der Waals surface area contributed by atoms with Crippen LogP contribution in [0.25, 0.3) is 0 Å². The quantitative estimate of drug-likeness (QED) is 0.912. The highest BCUT2D eigenvalue weighted by Gasteiger charge is 2.71. The van der Waals surface area contributed by atoms with E-state index in [9.17, 15) is 13.6 Å². The molecule has 1 saturated carbocycles. The van der Waals surface area contributed by atoms with Gasteiger partial charge in [-0.05, 0) is 23.2 Å². The summed E-state index contributed by atoms with van der Waals surface area (Å²) in [6.45, 7) is 0.994. The fourth-order valence-corrected chi connectivity index (χ4v) is 3.40. The van der Waals surface area contributed by atoms with Gasteiger partial charge in [-0.2, -0.15) is 0 Å². The number of aromatic carboxylic acids is 1. The van der Waals surface area contributed by atoms with E-state index in [4.69, 9.17) is 16.7 Å². The van der Waals surface area contributed by atoms with Crippen LogP contribution in [-0.2, 0) is 6.54 Å². The van der Waals surface area contributed by atoms with Gasteiger partial charge in [-0.1, -0.05) is 6.07 Å². The summed E-state index contributed by atoms with van der Waals surface area (Å²) in [5, 5.41) is 8.98. The van der Waals surface area contributed by atoms with Gasteiger partial charge in [-0.3, -0.25) is 0 Å². The summed E-state index contributed by atoms with van der Waals surface area (Å²) in [6.07, 6.45) is 2.99. The number of alkyl halides is 2. The van der Waals surface area contributed by atoms with E-state index < -0.39 is 23.7 Å². The number of pyridine rings is 1. The first kappa shape index (κ1) is 15.3. The SMILES string of the molecule is O=C(O)c1cn(Cc2ccc(N3CC4C(C3)C4(F)F)nc2)c(Cl)n1. The van der Waals surface area contributed by atoms with E-state index >= 15 is 0 Å². The number of hydrogen-bond acceptors (Lipinski definition) is 4. The smallest absolute Gasteiger partial charge is 0.356 e. The Labute approximate surface area is 140 Å². The van der Waals surface area contributed by atoms with Crippen LogP contribution >= 0.6 is 11.6 Å². The van der Waals surface area contributed by atoms with Crippen molar-refractivity contribution in [1.82, 2.24) is 14.5 Å². The molecule has 2 aliphatic rings. The second-order valence-electron chi connectivity index (χ2n) is 6.15. The number of fused-ring (bicyclic) bond motifs is 1. The highest BCUT2D eigenvalue weighted by Crippen LogP contribution is 2.59. The fourth-order valence-electron chi connectivity index (χ4n) is 3.20. The molecular formula is C15H13ClF2N4O2. The van der Waals surface area contributed by atoms with Crippen LogP contribution in [0, 0.1) is 11.8 Å². The molecule has 3 heterocycles. The number of nitrogens with zero attached hydrogens (tertiary/aromatic N) is 4. The van der Waals surface area contributed by atoms with Crippen LogP contribution in [0.5, 0.6) is 0 Å². The van der Waals surface area contributed by atoms with Crippen LogP contribution < -0.4 is 4.90 Å². The first-order valence-corrected chi connectivity index (χ1v) is 7.77. The normalized spacial score (nSPS) is 24.0. The number of carbonyl (C=O) groups is 1. The van der Waals surface area contributed by atoms with Crippen molar-refractivity contribution in [2.24, 2.45) is 11.8 Å². The Kier molecular flexibility index (Phi) is 3.28. The molecule has 0 spiro atoms. The molecule has 126 valence electrons. The van der Waals surface area contributed by atoms with Crippen LogP contribution in [0.3, 0.4) is 0 Å². The van der Waals surface area contributed by atoms with Gasteiger partial charge < -0.3 is 14.6 Å². The van der Waals surface area contributed by atoms with E-state index in [1.54, 1.807) is 12.3 Å². The van der Waals surface area contributed by atoms with Crippen molar-refractivity contribution in [3.63, 3.8) is 0 Å². The molecule has 2 atom stereocenters. The average molecular weight is 355 g/mol. The molecule has 1 N–H and O–H groups in total. The molecule has 2 unspecified atom stereocenters. The standard InChI is InChI=1S/C15H13ClF2N4O2/c16-14-20-11(13(23)24)7-22(14)4-8-1-2-12(19-3-8)21-5-9-10(6-21)15(9,17)18/h1-3,7,9-10H,4-6H2,(H,23,24). The molecule has 24 heavy (non-hydrogen) atoms. The maximum Gasteiger partial charge on any atom is 0.356 e. The zero-order chi connectivity index (χ0) is 17.1. The van der Waals surface area contributed by atoms with Crippen LogP contribution in [0.4, 0.5) is 14.6 Å². The van der Waals surface area contributed by atoms with Gasteiger partial charge in [0.15, 0.2) is 5.69 Å². The summed E-state index contributed by atoms with van der Waals surface area (Å²) in [5.41, 5.74) is 0.687. The van der Waals surface area contributed by atoms with Crippen molar-refractivity contribution >= 4 is 23.4 Å². The summed E-state index contributed by atoms with van der Waals surface area (Å²) in [5.74, 6) is -4.06. The minimum atomic E-state index is -2.50. The van der Waals surface area contributed by atoms with Crippen molar-refractivity contribution in [3.8, 4) is 0 Å². The molecule has 0 bridgehead atoms. The van der Waals surface area contributed by atoms with Crippen molar-refractivity contribution in [3.05, 3.63) is 41.1 Å². The molecule has 4 rings (SSSR count). The number of anilines is 1. The highest BCUT2D eigenvalue weighted by molar-refractivity contribution is 6.28. The zero-order valence-electron chi connectivity index (χ0n) is 12.4. The van der Waals surface area contributed by atoms with Crippen molar-refractivity contribution in [1.29, 1.82) is 0 Å². The molecule has 1 aliphatic carbocycles. The number of rotatable bonds is 4. The Morgan fingerprint density at radius 2 is 2.08 bits per heavy atom. The number of piperidine rings is 1. The first-order chi connectivity index (χ1) is 11.4. The molecule has 6 nitrogen and oxygen atoms in total. The van der Waals surface area contributed by atoms with Crippen LogP contribution in [0.15, 0.2) is 24.5 Å². The predicted molar refractivity (Wildman–Crippen MR) is 81.7 cm³/mol. The largest absolute Gasteiger partial charge is 0.476 e. The number of halogens is 3. The Morgan fingerprint density at radius 1 is 1.38 bits per heavy atom. The molecule has 2 fully saturated rings. The second-order valence-corrected chi connectivity index (χ2v) is 6.48. The summed E-state index contributed by atoms with van der Waals surface area (Å²) in [7, 11) is 0. The molecule has 0 radical (unpaired) electrons. The first-order valence-electron chi connectivity index (χ1n) is 7.40. The third kappa shape index (κ3) is 2.41. The van der Waals surface area contributed by atoms with Gasteiger partial charge in [0.1, 0.15) is 5.82 Å². The van der Waals surface area contributed by atoms with Gasteiger partial charge >= 0.3 is 5.97 Å². The summed E-state index contributed by atoms with van der Waals surface area (Å²) < 4.78 is 28.0. The molecule has 2 aromatic rings. The Morgan fingerprint density at radius 3 is 2.62 bits per heavy atom. The Balaban J connectivity index is 1.44. The summed E-state index contributed by atoms with van der Waals surface area (Å²) in [6, 6.07) is 3.60. The number of hydrogen-bond donors (Lipinski definition) is 1. The predicted octanol–water partition coefficient (Wildman–Crippen LogP) is 2.38. The molecule has 9 heteroatoms. The fraction of sp³-hybridized carbons (Fsp3) is 0.400. The zero-order valence-corrected chi connectivity index (χ0v) is 13.1. The highest BCUT2D eigenvalue weighted by atomic mass is 35.5. The van der Waals surface area contributed by atoms with E-state index in [1.807, 2.05) is 11.0 Å². The van der Waals surface area contributed by atoms with Gasteiger partial charge in [0, 0.05) is 25.5 Å². The van der Waals surface area contributed by atoms with Crippen molar-refractivity contribution < 1.29 is 18.7 Å². The van der Waals surface area contributed by atoms with Crippen LogP contribution in [0.1, 0.15) is 16.1 Å². The molecular weight excluding hydrogens is 342 g/mol. The van der Waals surface area contributed by atoms with Crippen LogP contribution in [0.2, 0.25) is 5.28 Å². The van der Waals surface area contributed by atoms with E-state index in [2.05, 4.69) is 9.97 Å². The number of imidazole rings is 1. The lowest BCUT2D eigenvalue weighted by atomic mass is 10.2. The van der Waals surface area contributed by atoms with E-state index in [0.717, 1.165) is 5.56 Å². The molecule has 0 aromatic carbocycles. The number of carboxylic acids is 1. The lowest BCUT2D eigenvalue weighted by Crippen LogP contribution is -2.28. The topological polar surface area (TPSA) is 71.2 Å². The average Bonchev–Trinajstić information content (AvgIpc) is 2.95. The Bertz CT molecular complexity index is 794. The maximum atomic E-state index is 13.2. The lowest BCUT2D eigenvalue weighted by Gasteiger charge is -2.20. The second kappa shape index (κ2) is 5.14. The van der Waals surface area contributed by atoms with E-state index in [-0.39, 0.29) is 11.0 Å². The van der Waals surface area contributed by atoms with Crippen molar-refractivity contribution in [2.75, 3.05) is 18.0 Å². The van der Waals surface area contributed by atoms with Gasteiger partial charge in [-0.25, -0.2) is 23.5 Å². The minimum Gasteiger partial charge on any atom is -0.476 e. The van der Waals surface area contributed by atoms with E-state index in [0.29, 0.717) is 25.5 Å². The third-order valence-electron chi connectivity index (χ3n) is 4.63. The summed E-state index contributed by atoms with van der Waals surface area (Å²) >= 11 is 5.91. The summed E-state index contributed by atoms with van der Waals surface area (Å²) in [4.78, 5) is 20.8.